The van der Waals surface area contributed by atoms with Gasteiger partial charge in [-0.2, -0.15) is 5.26 Å². The highest BCUT2D eigenvalue weighted by atomic mass is 16.1. The van der Waals surface area contributed by atoms with Crippen LogP contribution in [0.1, 0.15) is 49.3 Å². The maximum absolute atomic E-state index is 12.1. The van der Waals surface area contributed by atoms with Gasteiger partial charge in [-0.3, -0.25) is 4.79 Å². The van der Waals surface area contributed by atoms with Crippen LogP contribution in [-0.4, -0.2) is 5.91 Å². The van der Waals surface area contributed by atoms with Crippen LogP contribution in [0.25, 0.3) is 0 Å². The molecule has 2 rings (SSSR count). The van der Waals surface area contributed by atoms with Gasteiger partial charge in [-0.1, -0.05) is 49.1 Å². The number of nitriles is 1. The van der Waals surface area contributed by atoms with Gasteiger partial charge in [0.25, 0.3) is 0 Å². The van der Waals surface area contributed by atoms with E-state index in [1.54, 1.807) is 0 Å². The van der Waals surface area contributed by atoms with Crippen LogP contribution in [0.15, 0.2) is 24.3 Å². The molecule has 1 aromatic carbocycles. The minimum Gasteiger partial charge on any atom is -0.336 e. The van der Waals surface area contributed by atoms with Crippen molar-refractivity contribution in [1.82, 2.24) is 5.32 Å². The second-order valence-corrected chi connectivity index (χ2v) is 5.32. The number of carbonyl (C=O) groups is 1. The minimum absolute atomic E-state index is 0.0341. The Labute approximate surface area is 114 Å². The van der Waals surface area contributed by atoms with E-state index in [1.165, 1.54) is 6.42 Å². The Balaban J connectivity index is 2.00. The van der Waals surface area contributed by atoms with Gasteiger partial charge in [-0.05, 0) is 25.3 Å². The van der Waals surface area contributed by atoms with Crippen LogP contribution in [0.2, 0.25) is 0 Å². The first-order chi connectivity index (χ1) is 9.20. The van der Waals surface area contributed by atoms with Gasteiger partial charge in [0.05, 0.1) is 6.07 Å². The largest absolute Gasteiger partial charge is 0.336 e. The molecule has 0 saturated heterocycles. The van der Waals surface area contributed by atoms with Crippen LogP contribution in [0, 0.1) is 24.2 Å². The Morgan fingerprint density at radius 3 is 2.47 bits per heavy atom. The van der Waals surface area contributed by atoms with E-state index in [9.17, 15) is 10.1 Å². The number of nitrogens with zero attached hydrogens (tertiary/aromatic N) is 1. The number of amides is 1. The maximum Gasteiger partial charge on any atom is 0.224 e. The van der Waals surface area contributed by atoms with E-state index in [0.717, 1.165) is 36.8 Å². The summed E-state index contributed by atoms with van der Waals surface area (Å²) in [6, 6.07) is 9.39. The van der Waals surface area contributed by atoms with Crippen LogP contribution < -0.4 is 5.32 Å². The summed E-state index contributed by atoms with van der Waals surface area (Å²) in [6.45, 7) is 2.01. The van der Waals surface area contributed by atoms with Crippen molar-refractivity contribution in [1.29, 1.82) is 5.26 Å². The molecule has 1 fully saturated rings. The van der Waals surface area contributed by atoms with Gasteiger partial charge < -0.3 is 5.32 Å². The predicted molar refractivity (Wildman–Crippen MR) is 74.3 cm³/mol. The van der Waals surface area contributed by atoms with Crippen molar-refractivity contribution in [3.05, 3.63) is 35.4 Å². The summed E-state index contributed by atoms with van der Waals surface area (Å²) in [5.41, 5.74) is 2.01. The molecule has 100 valence electrons. The fourth-order valence-electron chi connectivity index (χ4n) is 2.57. The monoisotopic (exact) mass is 256 g/mol. The third-order valence-corrected chi connectivity index (χ3v) is 3.80. The number of carbonyl (C=O) groups excluding carboxylic acids is 1. The lowest BCUT2D eigenvalue weighted by Gasteiger charge is -2.22. The van der Waals surface area contributed by atoms with Crippen molar-refractivity contribution in [2.24, 2.45) is 5.92 Å². The average molecular weight is 256 g/mol. The van der Waals surface area contributed by atoms with E-state index in [1.807, 2.05) is 31.2 Å². The molecule has 1 aliphatic carbocycles. The lowest BCUT2D eigenvalue weighted by atomic mass is 9.88. The Bertz CT molecular complexity index is 467. The topological polar surface area (TPSA) is 52.9 Å². The second kappa shape index (κ2) is 6.38. The van der Waals surface area contributed by atoms with Crippen molar-refractivity contribution in [2.75, 3.05) is 0 Å². The molecule has 0 aromatic heterocycles. The van der Waals surface area contributed by atoms with E-state index in [-0.39, 0.29) is 11.8 Å². The molecular formula is C16H20N2O. The molecule has 1 aromatic rings. The number of hydrogen-bond acceptors (Lipinski definition) is 2. The number of nitrogens with one attached hydrogen (secondary N) is 1. The summed E-state index contributed by atoms with van der Waals surface area (Å²) in [6.07, 6.45) is 5.39. The highest BCUT2D eigenvalue weighted by Gasteiger charge is 2.23. The predicted octanol–water partition coefficient (Wildman–Crippen LogP) is 3.26. The first-order valence-corrected chi connectivity index (χ1v) is 6.97. The Kier molecular flexibility index (Phi) is 4.57. The summed E-state index contributed by atoms with van der Waals surface area (Å²) < 4.78 is 0. The zero-order valence-corrected chi connectivity index (χ0v) is 11.4. The van der Waals surface area contributed by atoms with E-state index < -0.39 is 6.04 Å². The summed E-state index contributed by atoms with van der Waals surface area (Å²) in [5, 5.41) is 12.1. The van der Waals surface area contributed by atoms with Crippen LogP contribution in [-0.2, 0) is 4.79 Å². The smallest absolute Gasteiger partial charge is 0.224 e. The van der Waals surface area contributed by atoms with E-state index in [0.29, 0.717) is 0 Å². The van der Waals surface area contributed by atoms with Gasteiger partial charge in [0.15, 0.2) is 0 Å². The highest BCUT2D eigenvalue weighted by Crippen LogP contribution is 2.24. The van der Waals surface area contributed by atoms with Gasteiger partial charge in [0.2, 0.25) is 5.91 Å². The third kappa shape index (κ3) is 3.57. The number of rotatable bonds is 3. The van der Waals surface area contributed by atoms with Gasteiger partial charge in [-0.25, -0.2) is 0 Å². The van der Waals surface area contributed by atoms with E-state index in [4.69, 9.17) is 0 Å². The lowest BCUT2D eigenvalue weighted by molar-refractivity contribution is -0.126. The first-order valence-electron chi connectivity index (χ1n) is 6.97. The maximum atomic E-state index is 12.1. The van der Waals surface area contributed by atoms with Gasteiger partial charge >= 0.3 is 0 Å². The van der Waals surface area contributed by atoms with Crippen molar-refractivity contribution < 1.29 is 4.79 Å². The van der Waals surface area contributed by atoms with Crippen molar-refractivity contribution in [3.63, 3.8) is 0 Å². The van der Waals surface area contributed by atoms with Crippen LogP contribution in [0.5, 0.6) is 0 Å². The zero-order valence-electron chi connectivity index (χ0n) is 11.4. The lowest BCUT2D eigenvalue weighted by Crippen LogP contribution is -2.34. The molecule has 1 unspecified atom stereocenters. The van der Waals surface area contributed by atoms with Crippen LogP contribution in [0.4, 0.5) is 0 Å². The molecule has 0 bridgehead atoms. The van der Waals surface area contributed by atoms with Crippen LogP contribution in [0.3, 0.4) is 0 Å². The number of hydrogen-bond donors (Lipinski definition) is 1. The minimum atomic E-state index is -0.532. The van der Waals surface area contributed by atoms with Gasteiger partial charge in [0, 0.05) is 5.92 Å². The molecule has 1 aliphatic rings. The SMILES string of the molecule is Cc1ccc(C(C#N)NC(=O)C2CCCCC2)cc1. The molecular weight excluding hydrogens is 236 g/mol. The zero-order chi connectivity index (χ0) is 13.7. The molecule has 0 aliphatic heterocycles. The molecule has 1 saturated carbocycles. The first kappa shape index (κ1) is 13.6. The second-order valence-electron chi connectivity index (χ2n) is 5.32. The van der Waals surface area contributed by atoms with E-state index in [2.05, 4.69) is 11.4 Å². The van der Waals surface area contributed by atoms with Gasteiger partial charge in [0.1, 0.15) is 6.04 Å². The molecule has 0 spiro atoms. The molecule has 0 heterocycles. The standard InChI is InChI=1S/C16H20N2O/c1-12-7-9-13(10-8-12)15(11-17)18-16(19)14-5-3-2-4-6-14/h7-10,14-15H,2-6H2,1H3,(H,18,19). The quantitative estimate of drug-likeness (QED) is 0.902. The van der Waals surface area contributed by atoms with E-state index >= 15 is 0 Å². The number of aryl methyl sites for hydroxylation is 1. The number of benzene rings is 1. The highest BCUT2D eigenvalue weighted by molar-refractivity contribution is 5.79. The summed E-state index contributed by atoms with van der Waals surface area (Å²) >= 11 is 0. The summed E-state index contributed by atoms with van der Waals surface area (Å²) in [7, 11) is 0. The average Bonchev–Trinajstić information content (AvgIpc) is 2.46. The molecule has 3 heteroatoms. The third-order valence-electron chi connectivity index (χ3n) is 3.80. The molecule has 3 nitrogen and oxygen atoms in total. The molecule has 1 atom stereocenters. The van der Waals surface area contributed by atoms with Crippen molar-refractivity contribution >= 4 is 5.91 Å². The van der Waals surface area contributed by atoms with Gasteiger partial charge in [-0.15, -0.1) is 0 Å². The van der Waals surface area contributed by atoms with Crippen molar-refractivity contribution in [2.45, 2.75) is 45.1 Å². The molecule has 19 heavy (non-hydrogen) atoms. The Morgan fingerprint density at radius 2 is 1.89 bits per heavy atom. The normalized spacial score (nSPS) is 17.5. The molecule has 1 N–H and O–H groups in total. The fourth-order valence-corrected chi connectivity index (χ4v) is 2.57. The molecule has 0 radical (unpaired) electrons. The van der Waals surface area contributed by atoms with Crippen LogP contribution >= 0.6 is 0 Å². The fraction of sp³-hybridized carbons (Fsp3) is 0.500. The molecule has 1 amide bonds. The Hall–Kier alpha value is -1.82. The van der Waals surface area contributed by atoms with Crippen molar-refractivity contribution in [3.8, 4) is 6.07 Å². The summed E-state index contributed by atoms with van der Waals surface area (Å²) in [5.74, 6) is 0.127. The Morgan fingerprint density at radius 1 is 1.26 bits per heavy atom. The summed E-state index contributed by atoms with van der Waals surface area (Å²) in [4.78, 5) is 12.1.